The van der Waals surface area contributed by atoms with Gasteiger partial charge in [0, 0.05) is 24.3 Å². The third-order valence-electron chi connectivity index (χ3n) is 3.29. The second-order valence-electron chi connectivity index (χ2n) is 4.53. The van der Waals surface area contributed by atoms with Gasteiger partial charge in [-0.25, -0.2) is 4.98 Å². The van der Waals surface area contributed by atoms with Gasteiger partial charge in [0.05, 0.1) is 5.52 Å². The van der Waals surface area contributed by atoms with E-state index in [1.165, 1.54) is 12.8 Å². The van der Waals surface area contributed by atoms with Crippen LogP contribution in [0.25, 0.3) is 5.52 Å². The first-order valence-electron chi connectivity index (χ1n) is 5.89. The van der Waals surface area contributed by atoms with Crippen molar-refractivity contribution in [3.05, 3.63) is 29.3 Å². The quantitative estimate of drug-likeness (QED) is 0.856. The van der Waals surface area contributed by atoms with Crippen molar-refractivity contribution in [3.63, 3.8) is 0 Å². The van der Waals surface area contributed by atoms with Gasteiger partial charge in [-0.3, -0.25) is 0 Å². The summed E-state index contributed by atoms with van der Waals surface area (Å²) in [5.74, 6) is 1.00. The van der Waals surface area contributed by atoms with Gasteiger partial charge in [0.1, 0.15) is 5.82 Å². The van der Waals surface area contributed by atoms with E-state index < -0.39 is 0 Å². The van der Waals surface area contributed by atoms with Crippen molar-refractivity contribution >= 4 is 22.8 Å². The molecular weight excluding hydrogens is 236 g/mol. The van der Waals surface area contributed by atoms with Crippen molar-refractivity contribution in [2.75, 3.05) is 12.3 Å². The molecule has 1 saturated heterocycles. The highest BCUT2D eigenvalue weighted by atomic mass is 35.5. The molecular formula is C12H15ClN4. The number of nitrogen functional groups attached to an aromatic ring is 1. The Kier molecular flexibility index (Phi) is 2.68. The van der Waals surface area contributed by atoms with Crippen LogP contribution in [-0.2, 0) is 6.42 Å². The molecule has 0 spiro atoms. The molecule has 0 amide bonds. The molecule has 0 aliphatic carbocycles. The highest BCUT2D eigenvalue weighted by molar-refractivity contribution is 6.32. The first-order valence-corrected chi connectivity index (χ1v) is 6.27. The number of hydrogen-bond donors (Lipinski definition) is 2. The molecule has 1 aliphatic heterocycles. The Morgan fingerprint density at radius 3 is 3.24 bits per heavy atom. The average molecular weight is 251 g/mol. The number of hydrogen-bond acceptors (Lipinski definition) is 3. The molecule has 1 fully saturated rings. The van der Waals surface area contributed by atoms with E-state index in [9.17, 15) is 0 Å². The molecule has 5 heteroatoms. The summed E-state index contributed by atoms with van der Waals surface area (Å²) in [6.07, 6.45) is 5.31. The zero-order chi connectivity index (χ0) is 11.8. The molecule has 3 heterocycles. The number of aromatic nitrogens is 2. The molecule has 2 aromatic heterocycles. The topological polar surface area (TPSA) is 55.4 Å². The van der Waals surface area contributed by atoms with E-state index >= 15 is 0 Å². The number of pyridine rings is 1. The first kappa shape index (κ1) is 10.9. The highest BCUT2D eigenvalue weighted by Crippen LogP contribution is 2.22. The Balaban J connectivity index is 1.98. The zero-order valence-electron chi connectivity index (χ0n) is 9.49. The van der Waals surface area contributed by atoms with Gasteiger partial charge in [0.25, 0.3) is 0 Å². The predicted octanol–water partition coefficient (Wildman–Crippen LogP) is 1.86. The van der Waals surface area contributed by atoms with Gasteiger partial charge >= 0.3 is 0 Å². The van der Waals surface area contributed by atoms with Gasteiger partial charge in [-0.1, -0.05) is 11.6 Å². The molecule has 2 aromatic rings. The Bertz CT molecular complexity index is 543. The van der Waals surface area contributed by atoms with Gasteiger partial charge in [0.15, 0.2) is 5.15 Å². The molecule has 1 atom stereocenters. The molecule has 3 N–H and O–H groups in total. The minimum absolute atomic E-state index is 0.522. The lowest BCUT2D eigenvalue weighted by atomic mass is 10.1. The lowest BCUT2D eigenvalue weighted by Crippen LogP contribution is -2.24. The van der Waals surface area contributed by atoms with Crippen LogP contribution in [0.1, 0.15) is 18.7 Å². The van der Waals surface area contributed by atoms with E-state index in [0.717, 1.165) is 24.3 Å². The number of halogens is 1. The van der Waals surface area contributed by atoms with Gasteiger partial charge < -0.3 is 15.5 Å². The second-order valence-corrected chi connectivity index (χ2v) is 4.89. The molecule has 17 heavy (non-hydrogen) atoms. The van der Waals surface area contributed by atoms with E-state index in [4.69, 9.17) is 17.3 Å². The van der Waals surface area contributed by atoms with Crippen LogP contribution in [0.15, 0.2) is 18.3 Å². The third kappa shape index (κ3) is 1.98. The van der Waals surface area contributed by atoms with Crippen molar-refractivity contribution in [1.29, 1.82) is 0 Å². The second kappa shape index (κ2) is 4.20. The maximum atomic E-state index is 6.13. The Morgan fingerprint density at radius 1 is 1.59 bits per heavy atom. The zero-order valence-corrected chi connectivity index (χ0v) is 10.2. The Hall–Kier alpha value is -1.26. The van der Waals surface area contributed by atoms with Crippen LogP contribution in [0.3, 0.4) is 0 Å². The number of fused-ring (bicyclic) bond motifs is 1. The normalized spacial score (nSPS) is 20.2. The minimum Gasteiger partial charge on any atom is -0.399 e. The van der Waals surface area contributed by atoms with Gasteiger partial charge in [0.2, 0.25) is 0 Å². The number of nitrogens with two attached hydrogens (primary N) is 1. The minimum atomic E-state index is 0.522. The van der Waals surface area contributed by atoms with Crippen LogP contribution in [0.4, 0.5) is 5.69 Å². The molecule has 0 saturated carbocycles. The van der Waals surface area contributed by atoms with E-state index in [0.29, 0.717) is 16.9 Å². The van der Waals surface area contributed by atoms with Crippen LogP contribution >= 0.6 is 11.6 Å². The van der Waals surface area contributed by atoms with Crippen molar-refractivity contribution in [2.24, 2.45) is 0 Å². The van der Waals surface area contributed by atoms with Gasteiger partial charge in [-0.2, -0.15) is 0 Å². The highest BCUT2D eigenvalue weighted by Gasteiger charge is 2.18. The molecule has 1 unspecified atom stereocenters. The summed E-state index contributed by atoms with van der Waals surface area (Å²) < 4.78 is 2.03. The molecule has 4 nitrogen and oxygen atoms in total. The standard InChI is InChI=1S/C12H15ClN4/c13-12-10-6-8(14)3-5-17(10)11(16-12)7-9-2-1-4-15-9/h3,5-6,9,15H,1-2,4,7,14H2. The number of rotatable bonds is 2. The molecule has 0 bridgehead atoms. The van der Waals surface area contributed by atoms with Crippen molar-refractivity contribution in [1.82, 2.24) is 14.7 Å². The van der Waals surface area contributed by atoms with E-state index in [1.807, 2.05) is 22.7 Å². The van der Waals surface area contributed by atoms with E-state index in [-0.39, 0.29) is 0 Å². The van der Waals surface area contributed by atoms with Crippen molar-refractivity contribution in [2.45, 2.75) is 25.3 Å². The summed E-state index contributed by atoms with van der Waals surface area (Å²) in [4.78, 5) is 4.43. The first-order chi connectivity index (χ1) is 8.24. The number of anilines is 1. The molecule has 90 valence electrons. The maximum Gasteiger partial charge on any atom is 0.155 e. The SMILES string of the molecule is Nc1ccn2c(CC3CCCN3)nc(Cl)c2c1. The van der Waals surface area contributed by atoms with Crippen LogP contribution < -0.4 is 11.1 Å². The summed E-state index contributed by atoms with van der Waals surface area (Å²) in [5, 5.41) is 4.00. The summed E-state index contributed by atoms with van der Waals surface area (Å²) in [5.41, 5.74) is 7.35. The third-order valence-corrected chi connectivity index (χ3v) is 3.57. The van der Waals surface area contributed by atoms with Crippen molar-refractivity contribution in [3.8, 4) is 0 Å². The van der Waals surface area contributed by atoms with Gasteiger partial charge in [-0.15, -0.1) is 0 Å². The smallest absolute Gasteiger partial charge is 0.155 e. The fraction of sp³-hybridized carbons (Fsp3) is 0.417. The maximum absolute atomic E-state index is 6.13. The lowest BCUT2D eigenvalue weighted by molar-refractivity contribution is 0.584. The van der Waals surface area contributed by atoms with E-state index in [2.05, 4.69) is 10.3 Å². The van der Waals surface area contributed by atoms with Gasteiger partial charge in [-0.05, 0) is 31.5 Å². The molecule has 3 rings (SSSR count). The fourth-order valence-electron chi connectivity index (χ4n) is 2.42. The molecule has 1 aliphatic rings. The fourth-order valence-corrected chi connectivity index (χ4v) is 2.66. The monoisotopic (exact) mass is 250 g/mol. The van der Waals surface area contributed by atoms with Crippen LogP contribution in [0, 0.1) is 0 Å². The van der Waals surface area contributed by atoms with Crippen molar-refractivity contribution < 1.29 is 0 Å². The lowest BCUT2D eigenvalue weighted by Gasteiger charge is -2.08. The average Bonchev–Trinajstić information content (AvgIpc) is 2.89. The number of nitrogens with zero attached hydrogens (tertiary/aromatic N) is 2. The van der Waals surface area contributed by atoms with Crippen LogP contribution in [-0.4, -0.2) is 22.0 Å². The summed E-state index contributed by atoms with van der Waals surface area (Å²) in [6.45, 7) is 1.11. The number of imidazole rings is 1. The largest absolute Gasteiger partial charge is 0.399 e. The summed E-state index contributed by atoms with van der Waals surface area (Å²) in [6, 6.07) is 4.26. The summed E-state index contributed by atoms with van der Waals surface area (Å²) in [7, 11) is 0. The predicted molar refractivity (Wildman–Crippen MR) is 69.3 cm³/mol. The number of nitrogens with one attached hydrogen (secondary N) is 1. The molecule has 0 aromatic carbocycles. The summed E-state index contributed by atoms with van der Waals surface area (Å²) >= 11 is 6.13. The van der Waals surface area contributed by atoms with E-state index in [1.54, 1.807) is 0 Å². The Morgan fingerprint density at radius 2 is 2.47 bits per heavy atom. The van der Waals surface area contributed by atoms with Crippen LogP contribution in [0.5, 0.6) is 0 Å². The Labute approximate surface area is 105 Å². The van der Waals surface area contributed by atoms with Crippen LogP contribution in [0.2, 0.25) is 5.15 Å². The molecule has 0 radical (unpaired) electrons.